The molecule has 0 bridgehead atoms. The molecule has 4 nitrogen and oxygen atoms in total. The van der Waals surface area contributed by atoms with Gasteiger partial charge in [0.05, 0.1) is 40.9 Å². The second kappa shape index (κ2) is 25.9. The van der Waals surface area contributed by atoms with Crippen LogP contribution < -0.4 is 0 Å². The fraction of sp³-hybridized carbons (Fsp3) is 1.00. The molecule has 0 unspecified atom stereocenters. The van der Waals surface area contributed by atoms with Crippen LogP contribution in [-0.2, 0) is 14.2 Å². The summed E-state index contributed by atoms with van der Waals surface area (Å²) < 4.78 is 18.5. The van der Waals surface area contributed by atoms with Crippen molar-refractivity contribution in [2.75, 3.05) is 60.7 Å². The molecular weight excluding hydrogens is 422 g/mol. The molecular formula is C30H64NO3+. The van der Waals surface area contributed by atoms with Gasteiger partial charge in [-0.3, -0.25) is 0 Å². The zero-order valence-corrected chi connectivity index (χ0v) is 24.2. The van der Waals surface area contributed by atoms with Gasteiger partial charge in [-0.25, -0.2) is 0 Å². The zero-order valence-electron chi connectivity index (χ0n) is 24.2. The fourth-order valence-corrected chi connectivity index (χ4v) is 4.35. The Morgan fingerprint density at radius 2 is 0.882 bits per heavy atom. The highest BCUT2D eigenvalue weighted by Crippen LogP contribution is 2.13. The van der Waals surface area contributed by atoms with Gasteiger partial charge in [-0.2, -0.15) is 0 Å². The number of quaternary nitrogens is 1. The van der Waals surface area contributed by atoms with Gasteiger partial charge >= 0.3 is 0 Å². The quantitative estimate of drug-likeness (QED) is 0.0824. The van der Waals surface area contributed by atoms with Crippen molar-refractivity contribution in [1.29, 1.82) is 0 Å². The number of hydrogen-bond acceptors (Lipinski definition) is 3. The van der Waals surface area contributed by atoms with Gasteiger partial charge < -0.3 is 18.7 Å². The summed E-state index contributed by atoms with van der Waals surface area (Å²) in [6, 6.07) is 0. The second-order valence-corrected chi connectivity index (χ2v) is 11.3. The largest absolute Gasteiger partial charge is 0.379 e. The third kappa shape index (κ3) is 28.1. The van der Waals surface area contributed by atoms with Crippen molar-refractivity contribution < 1.29 is 18.7 Å². The van der Waals surface area contributed by atoms with Crippen LogP contribution in [0.15, 0.2) is 0 Å². The summed E-state index contributed by atoms with van der Waals surface area (Å²) in [4.78, 5) is 0. The van der Waals surface area contributed by atoms with E-state index in [2.05, 4.69) is 28.1 Å². The lowest BCUT2D eigenvalue weighted by Crippen LogP contribution is -2.35. The first-order chi connectivity index (χ1) is 16.5. The maximum Gasteiger partial charge on any atom is 0.104 e. The lowest BCUT2D eigenvalue weighted by atomic mass is 10.0. The lowest BCUT2D eigenvalue weighted by molar-refractivity contribution is -0.870. The Labute approximate surface area is 215 Å². The van der Waals surface area contributed by atoms with E-state index in [4.69, 9.17) is 14.2 Å². The minimum absolute atomic E-state index is 0.0736. The number of hydrogen-bond donors (Lipinski definition) is 0. The minimum atomic E-state index is 0.0736. The van der Waals surface area contributed by atoms with Crippen molar-refractivity contribution in [3.63, 3.8) is 0 Å². The summed E-state index contributed by atoms with van der Waals surface area (Å²) in [5.41, 5.74) is 0. The number of nitrogens with zero attached hydrogens (tertiary/aromatic N) is 1. The van der Waals surface area contributed by atoms with E-state index >= 15 is 0 Å². The first-order valence-corrected chi connectivity index (χ1v) is 15.1. The summed E-state index contributed by atoms with van der Waals surface area (Å²) in [5, 5.41) is 0. The van der Waals surface area contributed by atoms with Crippen LogP contribution in [0.1, 0.15) is 129 Å². The molecule has 0 aliphatic rings. The van der Waals surface area contributed by atoms with E-state index < -0.39 is 0 Å². The summed E-state index contributed by atoms with van der Waals surface area (Å²) in [5.74, 6) is 0. The van der Waals surface area contributed by atoms with Gasteiger partial charge in [-0.1, -0.05) is 103 Å². The van der Waals surface area contributed by atoms with Crippen LogP contribution in [0.4, 0.5) is 0 Å². The van der Waals surface area contributed by atoms with Crippen LogP contribution in [0.2, 0.25) is 0 Å². The third-order valence-electron chi connectivity index (χ3n) is 6.52. The molecule has 4 heteroatoms. The number of rotatable bonds is 28. The second-order valence-electron chi connectivity index (χ2n) is 11.3. The molecule has 0 spiro atoms. The van der Waals surface area contributed by atoms with Crippen molar-refractivity contribution in [2.45, 2.75) is 136 Å². The monoisotopic (exact) mass is 486 g/mol. The highest BCUT2D eigenvalue weighted by molar-refractivity contribution is 4.56. The molecule has 1 atom stereocenters. The molecule has 0 aromatic carbocycles. The molecule has 206 valence electrons. The van der Waals surface area contributed by atoms with Crippen molar-refractivity contribution >= 4 is 0 Å². The lowest BCUT2D eigenvalue weighted by Gasteiger charge is -2.23. The Kier molecular flexibility index (Phi) is 25.8. The predicted octanol–water partition coefficient (Wildman–Crippen LogP) is 8.17. The smallest absolute Gasteiger partial charge is 0.104 e. The highest BCUT2D eigenvalue weighted by Gasteiger charge is 2.10. The molecule has 0 aliphatic carbocycles. The highest BCUT2D eigenvalue weighted by atomic mass is 16.6. The molecule has 0 saturated carbocycles. The van der Waals surface area contributed by atoms with Crippen LogP contribution in [0.25, 0.3) is 0 Å². The Morgan fingerprint density at radius 3 is 1.26 bits per heavy atom. The maximum absolute atomic E-state index is 5.88. The Hall–Kier alpha value is -0.160. The van der Waals surface area contributed by atoms with Crippen molar-refractivity contribution in [1.82, 2.24) is 0 Å². The van der Waals surface area contributed by atoms with E-state index in [1.165, 1.54) is 116 Å². The van der Waals surface area contributed by atoms with Gasteiger partial charge in [0, 0.05) is 19.8 Å². The molecule has 0 radical (unpaired) electrons. The minimum Gasteiger partial charge on any atom is -0.379 e. The summed E-state index contributed by atoms with van der Waals surface area (Å²) in [6.07, 6.45) is 24.9. The molecule has 0 amide bonds. The van der Waals surface area contributed by atoms with Crippen LogP contribution in [0.5, 0.6) is 0 Å². The molecule has 0 aromatic heterocycles. The number of ether oxygens (including phenoxy) is 3. The fourth-order valence-electron chi connectivity index (χ4n) is 4.35. The normalized spacial score (nSPS) is 13.0. The Bertz CT molecular complexity index is 384. The van der Waals surface area contributed by atoms with E-state index in [0.29, 0.717) is 13.2 Å². The molecule has 0 N–H and O–H groups in total. The molecule has 0 saturated heterocycles. The molecule has 0 aromatic rings. The first-order valence-electron chi connectivity index (χ1n) is 15.1. The van der Waals surface area contributed by atoms with Crippen molar-refractivity contribution in [3.8, 4) is 0 Å². The third-order valence-corrected chi connectivity index (χ3v) is 6.52. The standard InChI is InChI=1S/C30H64NO3/c1-6-8-9-10-11-12-13-14-15-16-17-18-19-20-21-23-26-32-28-30(34-7-2)29-33-27-24-22-25-31(3,4)5/h30H,6-29H2,1-5H3/q+1/t30-/m1/s1. The summed E-state index contributed by atoms with van der Waals surface area (Å²) >= 11 is 0. The summed E-state index contributed by atoms with van der Waals surface area (Å²) in [7, 11) is 6.72. The zero-order chi connectivity index (χ0) is 25.2. The van der Waals surface area contributed by atoms with Gasteiger partial charge in [0.15, 0.2) is 0 Å². The van der Waals surface area contributed by atoms with Gasteiger partial charge in [0.1, 0.15) is 6.10 Å². The van der Waals surface area contributed by atoms with Gasteiger partial charge in [-0.05, 0) is 26.2 Å². The van der Waals surface area contributed by atoms with E-state index in [1.54, 1.807) is 0 Å². The predicted molar refractivity (Wildman–Crippen MR) is 149 cm³/mol. The van der Waals surface area contributed by atoms with Crippen LogP contribution >= 0.6 is 0 Å². The van der Waals surface area contributed by atoms with Gasteiger partial charge in [0.25, 0.3) is 0 Å². The van der Waals surface area contributed by atoms with E-state index in [-0.39, 0.29) is 6.10 Å². The Morgan fingerprint density at radius 1 is 0.500 bits per heavy atom. The topological polar surface area (TPSA) is 27.7 Å². The van der Waals surface area contributed by atoms with Crippen LogP contribution in [0, 0.1) is 0 Å². The molecule has 0 aliphatic heterocycles. The number of unbranched alkanes of at least 4 members (excludes halogenated alkanes) is 16. The van der Waals surface area contributed by atoms with Gasteiger partial charge in [0.2, 0.25) is 0 Å². The molecule has 0 fully saturated rings. The van der Waals surface area contributed by atoms with Crippen molar-refractivity contribution in [3.05, 3.63) is 0 Å². The molecule has 34 heavy (non-hydrogen) atoms. The summed E-state index contributed by atoms with van der Waals surface area (Å²) in [6.45, 7) is 9.24. The Balaban J connectivity index is 3.36. The van der Waals surface area contributed by atoms with Crippen molar-refractivity contribution in [2.24, 2.45) is 0 Å². The molecule has 0 heterocycles. The maximum atomic E-state index is 5.88. The first kappa shape index (κ1) is 33.8. The van der Waals surface area contributed by atoms with E-state index in [1.807, 2.05) is 6.92 Å². The van der Waals surface area contributed by atoms with Crippen LogP contribution in [-0.4, -0.2) is 71.3 Å². The van der Waals surface area contributed by atoms with Gasteiger partial charge in [-0.15, -0.1) is 0 Å². The SMILES string of the molecule is CCCCCCCCCCCCCCCCCCOC[C@H](COCCCC[N+](C)(C)C)OCC. The van der Waals surface area contributed by atoms with E-state index in [9.17, 15) is 0 Å². The van der Waals surface area contributed by atoms with E-state index in [0.717, 1.165) is 30.7 Å². The van der Waals surface area contributed by atoms with Crippen LogP contribution in [0.3, 0.4) is 0 Å². The average molecular weight is 487 g/mol. The molecule has 0 rings (SSSR count). The average Bonchev–Trinajstić information content (AvgIpc) is 2.79.